The smallest absolute Gasteiger partial charge is 0.340 e. The molecular formula is C14H22N2O4. The zero-order valence-corrected chi connectivity index (χ0v) is 12.1. The van der Waals surface area contributed by atoms with Crippen LogP contribution < -0.4 is 10.6 Å². The first kappa shape index (κ1) is 16.3. The Morgan fingerprint density at radius 2 is 2.20 bits per heavy atom. The third kappa shape index (κ3) is 4.11. The fourth-order valence-corrected chi connectivity index (χ4v) is 2.01. The molecule has 3 N–H and O–H groups in total. The number of ether oxygens (including phenoxy) is 2. The van der Waals surface area contributed by atoms with Gasteiger partial charge in [-0.1, -0.05) is 6.07 Å². The highest BCUT2D eigenvalue weighted by atomic mass is 16.5. The number of aliphatic hydroxyl groups excluding tert-OH is 1. The average Bonchev–Trinajstić information content (AvgIpc) is 2.38. The van der Waals surface area contributed by atoms with E-state index in [2.05, 4.69) is 0 Å². The molecule has 0 saturated heterocycles. The molecule has 0 radical (unpaired) electrons. The second-order valence-corrected chi connectivity index (χ2v) is 4.45. The summed E-state index contributed by atoms with van der Waals surface area (Å²) in [7, 11) is 3.28. The van der Waals surface area contributed by atoms with E-state index in [1.165, 1.54) is 7.11 Å². The summed E-state index contributed by atoms with van der Waals surface area (Å²) in [6.07, 6.45) is -0.667. The molecule has 0 aliphatic carbocycles. The predicted molar refractivity (Wildman–Crippen MR) is 78.0 cm³/mol. The maximum Gasteiger partial charge on any atom is 0.340 e. The van der Waals surface area contributed by atoms with Crippen molar-refractivity contribution in [2.24, 2.45) is 0 Å². The second-order valence-electron chi connectivity index (χ2n) is 4.45. The van der Waals surface area contributed by atoms with Gasteiger partial charge in [-0.3, -0.25) is 0 Å². The number of hydrogen-bond donors (Lipinski definition) is 2. The van der Waals surface area contributed by atoms with Gasteiger partial charge in [0, 0.05) is 20.7 Å². The minimum Gasteiger partial charge on any atom is -0.462 e. The molecule has 0 aliphatic heterocycles. The molecule has 1 aromatic rings. The van der Waals surface area contributed by atoms with Crippen LogP contribution in [0.2, 0.25) is 0 Å². The molecule has 1 unspecified atom stereocenters. The van der Waals surface area contributed by atoms with E-state index in [9.17, 15) is 9.90 Å². The molecule has 0 fully saturated rings. The van der Waals surface area contributed by atoms with Gasteiger partial charge in [-0.15, -0.1) is 0 Å². The van der Waals surface area contributed by atoms with Gasteiger partial charge in [0.2, 0.25) is 0 Å². The van der Waals surface area contributed by atoms with Crippen molar-refractivity contribution < 1.29 is 19.4 Å². The Bertz CT molecular complexity index is 451. The number of para-hydroxylation sites is 1. The topological polar surface area (TPSA) is 85.0 Å². The molecule has 1 atom stereocenters. The molecule has 6 nitrogen and oxygen atoms in total. The fraction of sp³-hybridized carbons (Fsp3) is 0.500. The van der Waals surface area contributed by atoms with Crippen molar-refractivity contribution in [3.63, 3.8) is 0 Å². The first-order chi connectivity index (χ1) is 9.51. The second kappa shape index (κ2) is 7.72. The van der Waals surface area contributed by atoms with Crippen LogP contribution in [0, 0.1) is 0 Å². The molecule has 0 heterocycles. The van der Waals surface area contributed by atoms with Crippen molar-refractivity contribution in [3.05, 3.63) is 23.8 Å². The van der Waals surface area contributed by atoms with Crippen molar-refractivity contribution in [1.82, 2.24) is 0 Å². The summed E-state index contributed by atoms with van der Waals surface area (Å²) < 4.78 is 9.91. The van der Waals surface area contributed by atoms with Crippen LogP contribution in [-0.4, -0.2) is 51.1 Å². The van der Waals surface area contributed by atoms with E-state index in [1.807, 2.05) is 0 Å². The number of nitrogens with zero attached hydrogens (tertiary/aromatic N) is 1. The van der Waals surface area contributed by atoms with Gasteiger partial charge in [0.1, 0.15) is 0 Å². The normalized spacial score (nSPS) is 12.0. The number of carbonyl (C=O) groups is 1. The number of methoxy groups -OCH3 is 1. The lowest BCUT2D eigenvalue weighted by Crippen LogP contribution is -2.33. The van der Waals surface area contributed by atoms with Gasteiger partial charge in [0.25, 0.3) is 0 Å². The summed E-state index contributed by atoms with van der Waals surface area (Å²) in [6, 6.07) is 5.06. The molecule has 112 valence electrons. The Labute approximate surface area is 119 Å². The Balaban J connectivity index is 3.00. The third-order valence-corrected chi connectivity index (χ3v) is 2.79. The van der Waals surface area contributed by atoms with Gasteiger partial charge in [-0.05, 0) is 19.1 Å². The largest absolute Gasteiger partial charge is 0.462 e. The molecule has 1 aromatic carbocycles. The van der Waals surface area contributed by atoms with E-state index >= 15 is 0 Å². The molecule has 20 heavy (non-hydrogen) atoms. The molecule has 0 amide bonds. The number of hydrogen-bond acceptors (Lipinski definition) is 6. The number of carbonyl (C=O) groups excluding carboxylic acids is 1. The van der Waals surface area contributed by atoms with Crippen LogP contribution in [-0.2, 0) is 9.47 Å². The highest BCUT2D eigenvalue weighted by Crippen LogP contribution is 2.27. The van der Waals surface area contributed by atoms with E-state index in [0.717, 1.165) is 0 Å². The van der Waals surface area contributed by atoms with Crippen LogP contribution >= 0.6 is 0 Å². The van der Waals surface area contributed by atoms with Gasteiger partial charge < -0.3 is 25.2 Å². The molecule has 6 heteroatoms. The number of aliphatic hydroxyl groups is 1. The van der Waals surface area contributed by atoms with Crippen molar-refractivity contribution in [2.45, 2.75) is 13.0 Å². The van der Waals surface area contributed by atoms with Gasteiger partial charge in [0.05, 0.1) is 36.3 Å². The maximum atomic E-state index is 11.9. The van der Waals surface area contributed by atoms with Crippen LogP contribution in [0.25, 0.3) is 0 Å². The maximum absolute atomic E-state index is 11.9. The lowest BCUT2D eigenvalue weighted by Gasteiger charge is -2.25. The number of anilines is 2. The highest BCUT2D eigenvalue weighted by molar-refractivity contribution is 5.99. The van der Waals surface area contributed by atoms with E-state index in [-0.39, 0.29) is 6.61 Å². The Kier molecular flexibility index (Phi) is 6.27. The number of esters is 1. The zero-order valence-electron chi connectivity index (χ0n) is 12.1. The molecule has 1 rings (SSSR count). The fourth-order valence-electron chi connectivity index (χ4n) is 2.01. The summed E-state index contributed by atoms with van der Waals surface area (Å²) in [6.45, 7) is 2.55. The minimum atomic E-state index is -0.667. The Hall–Kier alpha value is -1.79. The number of rotatable bonds is 7. The van der Waals surface area contributed by atoms with E-state index in [0.29, 0.717) is 30.1 Å². The summed E-state index contributed by atoms with van der Waals surface area (Å²) in [5, 5.41) is 9.78. The number of benzene rings is 1. The lowest BCUT2D eigenvalue weighted by molar-refractivity contribution is 0.0525. The van der Waals surface area contributed by atoms with Gasteiger partial charge >= 0.3 is 5.97 Å². The quantitative estimate of drug-likeness (QED) is 0.570. The Morgan fingerprint density at radius 3 is 2.80 bits per heavy atom. The third-order valence-electron chi connectivity index (χ3n) is 2.79. The summed E-state index contributed by atoms with van der Waals surface area (Å²) in [4.78, 5) is 13.7. The predicted octanol–water partition coefficient (Wildman–Crippen LogP) is 0.889. The first-order valence-corrected chi connectivity index (χ1v) is 6.45. The van der Waals surface area contributed by atoms with Gasteiger partial charge in [-0.2, -0.15) is 0 Å². The van der Waals surface area contributed by atoms with Crippen molar-refractivity contribution >= 4 is 17.3 Å². The van der Waals surface area contributed by atoms with E-state index in [4.69, 9.17) is 15.2 Å². The molecule has 0 spiro atoms. The van der Waals surface area contributed by atoms with Crippen LogP contribution in [0.3, 0.4) is 0 Å². The van der Waals surface area contributed by atoms with Crippen LogP contribution in [0.4, 0.5) is 11.4 Å². The summed E-state index contributed by atoms with van der Waals surface area (Å²) in [5.74, 6) is -0.428. The average molecular weight is 282 g/mol. The Morgan fingerprint density at radius 1 is 1.50 bits per heavy atom. The lowest BCUT2D eigenvalue weighted by atomic mass is 10.1. The van der Waals surface area contributed by atoms with E-state index < -0.39 is 12.1 Å². The molecule has 0 aliphatic rings. The van der Waals surface area contributed by atoms with Crippen LogP contribution in [0.15, 0.2) is 18.2 Å². The highest BCUT2D eigenvalue weighted by Gasteiger charge is 2.19. The van der Waals surface area contributed by atoms with Gasteiger partial charge in [-0.25, -0.2) is 4.79 Å². The first-order valence-electron chi connectivity index (χ1n) is 6.45. The van der Waals surface area contributed by atoms with Gasteiger partial charge in [0.15, 0.2) is 0 Å². The summed E-state index contributed by atoms with van der Waals surface area (Å²) in [5.41, 5.74) is 7.35. The molecule has 0 bridgehead atoms. The molecule has 0 aromatic heterocycles. The zero-order chi connectivity index (χ0) is 15.1. The van der Waals surface area contributed by atoms with Crippen LogP contribution in [0.5, 0.6) is 0 Å². The molecular weight excluding hydrogens is 260 g/mol. The standard InChI is InChI=1S/C14H22N2O4/c1-4-20-14(18)11-6-5-7-12(15)13(11)16(2)8-10(17)9-19-3/h5-7,10,17H,4,8-9,15H2,1-3H3. The number of nitrogens with two attached hydrogens (primary N) is 1. The number of nitrogen functional groups attached to an aromatic ring is 1. The molecule has 0 saturated carbocycles. The van der Waals surface area contributed by atoms with Crippen LogP contribution in [0.1, 0.15) is 17.3 Å². The summed E-state index contributed by atoms with van der Waals surface area (Å²) >= 11 is 0. The van der Waals surface area contributed by atoms with Crippen molar-refractivity contribution in [3.8, 4) is 0 Å². The minimum absolute atomic E-state index is 0.214. The number of likely N-dealkylation sites (N-methyl/N-ethyl adjacent to an activating group) is 1. The monoisotopic (exact) mass is 282 g/mol. The van der Waals surface area contributed by atoms with Crippen molar-refractivity contribution in [2.75, 3.05) is 44.5 Å². The van der Waals surface area contributed by atoms with Crippen molar-refractivity contribution in [1.29, 1.82) is 0 Å². The van der Waals surface area contributed by atoms with E-state index in [1.54, 1.807) is 37.1 Å². The SMILES string of the molecule is CCOC(=O)c1cccc(N)c1N(C)CC(O)COC.